The highest BCUT2D eigenvalue weighted by molar-refractivity contribution is 5.98. The highest BCUT2D eigenvalue weighted by Crippen LogP contribution is 2.25. The molecule has 1 aliphatic heterocycles. The molecule has 0 fully saturated rings. The minimum absolute atomic E-state index is 0.212. The summed E-state index contributed by atoms with van der Waals surface area (Å²) in [5.74, 6) is 0.715. The van der Waals surface area contributed by atoms with Crippen LogP contribution in [0.1, 0.15) is 35.7 Å². The summed E-state index contributed by atoms with van der Waals surface area (Å²) in [6, 6.07) is 5.89. The van der Waals surface area contributed by atoms with Crippen molar-refractivity contribution in [3.8, 4) is 0 Å². The summed E-state index contributed by atoms with van der Waals surface area (Å²) in [5, 5.41) is 9.24. The quantitative estimate of drug-likeness (QED) is 0.363. The number of amides is 1. The topological polar surface area (TPSA) is 129 Å². The number of hydrogen-bond donors (Lipinski definition) is 6. The molecule has 1 amide bonds. The van der Waals surface area contributed by atoms with E-state index in [1.807, 2.05) is 30.5 Å². The number of fused-ring (bicyclic) bond motifs is 1. The van der Waals surface area contributed by atoms with E-state index in [4.69, 9.17) is 5.73 Å². The van der Waals surface area contributed by atoms with Gasteiger partial charge in [-0.25, -0.2) is 4.98 Å². The third kappa shape index (κ3) is 4.89. The Hall–Kier alpha value is -3.33. The van der Waals surface area contributed by atoms with Gasteiger partial charge >= 0.3 is 0 Å². The Kier molecular flexibility index (Phi) is 6.64. The molecule has 1 aromatic heterocycles. The standard InChI is InChI=1S/C19H26N8O/c1-2-8-21-17-15(18(28)22-9-3-7-20)12-23-19(26-17)25-14-4-5-16-13(11-14)6-10-24-27-16/h4-6,10-12,24,27H,2-3,7-9,20H2,1H3,(H,22,28)(H2,21,23,25,26). The SMILES string of the molecule is CCCNc1nc(Nc2ccc3c(c2)C=CNN3)ncc1C(=O)NCCCN. The van der Waals surface area contributed by atoms with E-state index in [0.29, 0.717) is 37.0 Å². The van der Waals surface area contributed by atoms with Crippen LogP contribution in [0.25, 0.3) is 6.08 Å². The Morgan fingerprint density at radius 2 is 2.18 bits per heavy atom. The third-order valence-electron chi connectivity index (χ3n) is 4.10. The van der Waals surface area contributed by atoms with Crippen LogP contribution in [0.5, 0.6) is 0 Å². The number of nitrogens with zero attached hydrogens (tertiary/aromatic N) is 2. The fourth-order valence-electron chi connectivity index (χ4n) is 2.66. The smallest absolute Gasteiger partial charge is 0.256 e. The summed E-state index contributed by atoms with van der Waals surface area (Å²) in [4.78, 5) is 21.2. The van der Waals surface area contributed by atoms with Crippen molar-refractivity contribution >= 4 is 35.1 Å². The summed E-state index contributed by atoms with van der Waals surface area (Å²) in [6.07, 6.45) is 6.98. The number of rotatable bonds is 9. The van der Waals surface area contributed by atoms with Gasteiger partial charge in [0.2, 0.25) is 5.95 Å². The van der Waals surface area contributed by atoms with Gasteiger partial charge in [0.25, 0.3) is 5.91 Å². The van der Waals surface area contributed by atoms with Gasteiger partial charge < -0.3 is 32.5 Å². The number of benzene rings is 1. The van der Waals surface area contributed by atoms with Gasteiger partial charge in [-0.3, -0.25) is 4.79 Å². The Morgan fingerprint density at radius 1 is 1.29 bits per heavy atom. The van der Waals surface area contributed by atoms with Gasteiger partial charge in [-0.15, -0.1) is 0 Å². The van der Waals surface area contributed by atoms with Gasteiger partial charge in [-0.1, -0.05) is 6.92 Å². The predicted molar refractivity (Wildman–Crippen MR) is 112 cm³/mol. The van der Waals surface area contributed by atoms with Gasteiger partial charge in [0.1, 0.15) is 11.4 Å². The number of anilines is 4. The van der Waals surface area contributed by atoms with Gasteiger partial charge in [0.15, 0.2) is 0 Å². The predicted octanol–water partition coefficient (Wildman–Crippen LogP) is 2.02. The molecule has 2 aromatic rings. The third-order valence-corrected chi connectivity index (χ3v) is 4.10. The second kappa shape index (κ2) is 9.56. The number of carbonyl (C=O) groups excluding carboxylic acids is 1. The van der Waals surface area contributed by atoms with Gasteiger partial charge in [-0.2, -0.15) is 4.98 Å². The Bertz CT molecular complexity index is 852. The van der Waals surface area contributed by atoms with Crippen LogP contribution in [0.2, 0.25) is 0 Å². The molecule has 0 spiro atoms. The van der Waals surface area contributed by atoms with Crippen LogP contribution in [-0.2, 0) is 0 Å². The Labute approximate surface area is 164 Å². The Balaban J connectivity index is 1.78. The largest absolute Gasteiger partial charge is 0.369 e. The first-order valence-electron chi connectivity index (χ1n) is 9.39. The lowest BCUT2D eigenvalue weighted by Gasteiger charge is -2.16. The lowest BCUT2D eigenvalue weighted by atomic mass is 10.1. The molecule has 0 atom stereocenters. The normalized spacial score (nSPS) is 11.8. The number of hydrogen-bond acceptors (Lipinski definition) is 8. The van der Waals surface area contributed by atoms with E-state index in [1.165, 1.54) is 6.20 Å². The zero-order valence-electron chi connectivity index (χ0n) is 15.9. The molecule has 0 saturated heterocycles. The second-order valence-electron chi connectivity index (χ2n) is 6.31. The summed E-state index contributed by atoms with van der Waals surface area (Å²) in [6.45, 7) is 3.82. The maximum Gasteiger partial charge on any atom is 0.256 e. The van der Waals surface area contributed by atoms with E-state index in [-0.39, 0.29) is 5.91 Å². The molecule has 3 rings (SSSR count). The van der Waals surface area contributed by atoms with E-state index in [0.717, 1.165) is 29.8 Å². The molecule has 0 saturated carbocycles. The average Bonchev–Trinajstić information content (AvgIpc) is 2.72. The van der Waals surface area contributed by atoms with Gasteiger partial charge in [-0.05, 0) is 43.7 Å². The lowest BCUT2D eigenvalue weighted by Crippen LogP contribution is -2.27. The fraction of sp³-hybridized carbons (Fsp3) is 0.316. The number of hydrazine groups is 1. The number of nitrogens with one attached hydrogen (secondary N) is 5. The molecule has 2 heterocycles. The first-order valence-corrected chi connectivity index (χ1v) is 9.39. The zero-order chi connectivity index (χ0) is 19.8. The molecule has 148 valence electrons. The number of carbonyl (C=O) groups is 1. The van der Waals surface area contributed by atoms with E-state index < -0.39 is 0 Å². The van der Waals surface area contributed by atoms with Crippen LogP contribution < -0.4 is 32.5 Å². The summed E-state index contributed by atoms with van der Waals surface area (Å²) < 4.78 is 0. The molecule has 9 nitrogen and oxygen atoms in total. The first-order chi connectivity index (χ1) is 13.7. The molecule has 28 heavy (non-hydrogen) atoms. The van der Waals surface area contributed by atoms with Crippen LogP contribution in [0.3, 0.4) is 0 Å². The lowest BCUT2D eigenvalue weighted by molar-refractivity contribution is 0.0953. The van der Waals surface area contributed by atoms with Crippen molar-refractivity contribution in [3.63, 3.8) is 0 Å². The van der Waals surface area contributed by atoms with Crippen molar-refractivity contribution in [3.05, 3.63) is 41.7 Å². The van der Waals surface area contributed by atoms with Crippen LogP contribution >= 0.6 is 0 Å². The molecule has 0 unspecified atom stereocenters. The highest BCUT2D eigenvalue weighted by Gasteiger charge is 2.15. The molecule has 1 aromatic carbocycles. The van der Waals surface area contributed by atoms with Gasteiger partial charge in [0, 0.05) is 36.7 Å². The summed E-state index contributed by atoms with van der Waals surface area (Å²) >= 11 is 0. The minimum atomic E-state index is -0.212. The Morgan fingerprint density at radius 3 is 3.00 bits per heavy atom. The van der Waals surface area contributed by atoms with Gasteiger partial charge in [0.05, 0.1) is 5.69 Å². The van der Waals surface area contributed by atoms with E-state index in [2.05, 4.69) is 43.7 Å². The van der Waals surface area contributed by atoms with Crippen molar-refractivity contribution < 1.29 is 4.79 Å². The van der Waals surface area contributed by atoms with Crippen LogP contribution in [-0.4, -0.2) is 35.5 Å². The molecule has 0 aliphatic carbocycles. The molecule has 1 aliphatic rings. The highest BCUT2D eigenvalue weighted by atomic mass is 16.1. The summed E-state index contributed by atoms with van der Waals surface area (Å²) in [7, 11) is 0. The van der Waals surface area contributed by atoms with Crippen LogP contribution in [0.15, 0.2) is 30.6 Å². The summed E-state index contributed by atoms with van der Waals surface area (Å²) in [5.41, 5.74) is 14.8. The first kappa shape index (κ1) is 19.4. The molecular formula is C19H26N8O. The number of nitrogens with two attached hydrogens (primary N) is 1. The maximum absolute atomic E-state index is 12.4. The van der Waals surface area contributed by atoms with Crippen molar-refractivity contribution in [2.24, 2.45) is 5.73 Å². The maximum atomic E-state index is 12.4. The van der Waals surface area contributed by atoms with E-state index in [9.17, 15) is 4.79 Å². The van der Waals surface area contributed by atoms with Crippen molar-refractivity contribution in [2.75, 3.05) is 35.7 Å². The fourth-order valence-corrected chi connectivity index (χ4v) is 2.66. The van der Waals surface area contributed by atoms with Crippen molar-refractivity contribution in [1.82, 2.24) is 20.7 Å². The minimum Gasteiger partial charge on any atom is -0.369 e. The van der Waals surface area contributed by atoms with Crippen LogP contribution in [0, 0.1) is 0 Å². The zero-order valence-corrected chi connectivity index (χ0v) is 15.9. The van der Waals surface area contributed by atoms with Crippen LogP contribution in [0.4, 0.5) is 23.1 Å². The molecule has 0 bridgehead atoms. The molecule has 9 heteroatoms. The number of aromatic nitrogens is 2. The van der Waals surface area contributed by atoms with Crippen molar-refractivity contribution in [1.29, 1.82) is 0 Å². The average molecular weight is 382 g/mol. The van der Waals surface area contributed by atoms with E-state index in [1.54, 1.807) is 0 Å². The van der Waals surface area contributed by atoms with Crippen molar-refractivity contribution in [2.45, 2.75) is 19.8 Å². The molecule has 7 N–H and O–H groups in total. The second-order valence-corrected chi connectivity index (χ2v) is 6.31. The van der Waals surface area contributed by atoms with E-state index >= 15 is 0 Å². The monoisotopic (exact) mass is 382 g/mol. The molecular weight excluding hydrogens is 356 g/mol. The molecule has 0 radical (unpaired) electrons.